The monoisotopic (exact) mass is 376 g/mol. The summed E-state index contributed by atoms with van der Waals surface area (Å²) < 4.78 is 5.45. The molecule has 2 aromatic carbocycles. The molecular formula is C23H28N4O. The summed E-state index contributed by atoms with van der Waals surface area (Å²) in [7, 11) is 3.90. The quantitative estimate of drug-likeness (QED) is 0.464. The predicted octanol–water partition coefficient (Wildman–Crippen LogP) is 3.78. The third-order valence-corrected chi connectivity index (χ3v) is 4.54. The predicted molar refractivity (Wildman–Crippen MR) is 114 cm³/mol. The topological polar surface area (TPSA) is 52.8 Å². The van der Waals surface area contributed by atoms with Crippen LogP contribution in [-0.2, 0) is 26.2 Å². The van der Waals surface area contributed by atoms with Gasteiger partial charge in [0.1, 0.15) is 5.76 Å². The van der Waals surface area contributed by atoms with Crippen LogP contribution in [0.15, 0.2) is 82.4 Å². The minimum atomic E-state index is 0.721. The number of nitrogens with zero attached hydrogens (tertiary/aromatic N) is 2. The molecule has 0 radical (unpaired) electrons. The third kappa shape index (κ3) is 5.99. The molecule has 0 aliphatic carbocycles. The Morgan fingerprint density at radius 2 is 1.57 bits per heavy atom. The van der Waals surface area contributed by atoms with Crippen LogP contribution in [0.3, 0.4) is 0 Å². The average Bonchev–Trinajstić information content (AvgIpc) is 3.23. The normalized spacial score (nSPS) is 11.6. The second-order valence-electron chi connectivity index (χ2n) is 6.79. The number of hydrogen-bond acceptors (Lipinski definition) is 3. The lowest BCUT2D eigenvalue weighted by molar-refractivity contribution is 0.287. The fraction of sp³-hybridized carbons (Fsp3) is 0.261. The van der Waals surface area contributed by atoms with Crippen molar-refractivity contribution < 1.29 is 4.42 Å². The molecule has 0 bridgehead atoms. The van der Waals surface area contributed by atoms with E-state index in [4.69, 9.17) is 4.42 Å². The fourth-order valence-electron chi connectivity index (χ4n) is 3.08. The van der Waals surface area contributed by atoms with E-state index in [0.717, 1.165) is 37.9 Å². The van der Waals surface area contributed by atoms with E-state index in [1.165, 1.54) is 16.7 Å². The van der Waals surface area contributed by atoms with Gasteiger partial charge in [0.15, 0.2) is 5.96 Å². The molecule has 0 spiro atoms. The summed E-state index contributed by atoms with van der Waals surface area (Å²) in [4.78, 5) is 6.58. The summed E-state index contributed by atoms with van der Waals surface area (Å²) in [5, 5.41) is 6.78. The van der Waals surface area contributed by atoms with Crippen molar-refractivity contribution >= 4 is 5.96 Å². The van der Waals surface area contributed by atoms with E-state index in [0.29, 0.717) is 0 Å². The van der Waals surface area contributed by atoms with Crippen molar-refractivity contribution in [1.29, 1.82) is 0 Å². The second-order valence-corrected chi connectivity index (χ2v) is 6.79. The number of guanidine groups is 1. The van der Waals surface area contributed by atoms with Gasteiger partial charge in [0.25, 0.3) is 0 Å². The van der Waals surface area contributed by atoms with Gasteiger partial charge < -0.3 is 15.1 Å². The molecule has 146 valence electrons. The largest absolute Gasteiger partial charge is 0.468 e. The Balaban J connectivity index is 1.54. The minimum absolute atomic E-state index is 0.721. The van der Waals surface area contributed by atoms with Crippen LogP contribution in [0.4, 0.5) is 0 Å². The molecule has 0 aliphatic heterocycles. The lowest BCUT2D eigenvalue weighted by Crippen LogP contribution is -2.36. The van der Waals surface area contributed by atoms with Gasteiger partial charge in [-0.05, 0) is 35.9 Å². The summed E-state index contributed by atoms with van der Waals surface area (Å²) in [5.41, 5.74) is 3.78. The Labute approximate surface area is 167 Å². The molecule has 0 saturated carbocycles. The summed E-state index contributed by atoms with van der Waals surface area (Å²) in [6.07, 6.45) is 1.72. The van der Waals surface area contributed by atoms with Crippen LogP contribution in [0.2, 0.25) is 0 Å². The summed E-state index contributed by atoms with van der Waals surface area (Å²) >= 11 is 0. The van der Waals surface area contributed by atoms with Crippen molar-refractivity contribution in [3.05, 3.63) is 95.4 Å². The molecule has 3 aromatic rings. The van der Waals surface area contributed by atoms with E-state index in [-0.39, 0.29) is 0 Å². The number of hydrogen-bond donors (Lipinski definition) is 2. The van der Waals surface area contributed by atoms with E-state index in [1.807, 2.05) is 30.3 Å². The molecule has 0 saturated heterocycles. The first-order valence-corrected chi connectivity index (χ1v) is 9.51. The number of benzene rings is 2. The number of rotatable bonds is 8. The zero-order valence-corrected chi connectivity index (χ0v) is 16.6. The lowest BCUT2D eigenvalue weighted by atomic mass is 10.1. The van der Waals surface area contributed by atoms with E-state index in [9.17, 15) is 0 Å². The molecule has 1 heterocycles. The van der Waals surface area contributed by atoms with Gasteiger partial charge in [0.2, 0.25) is 0 Å². The molecule has 0 fully saturated rings. The zero-order valence-electron chi connectivity index (χ0n) is 16.6. The van der Waals surface area contributed by atoms with Gasteiger partial charge in [0.05, 0.1) is 12.8 Å². The van der Waals surface area contributed by atoms with Crippen LogP contribution in [0.5, 0.6) is 0 Å². The van der Waals surface area contributed by atoms with Gasteiger partial charge in [0, 0.05) is 26.7 Å². The molecule has 0 amide bonds. The molecule has 0 unspecified atom stereocenters. The van der Waals surface area contributed by atoms with Gasteiger partial charge >= 0.3 is 0 Å². The van der Waals surface area contributed by atoms with Crippen LogP contribution >= 0.6 is 0 Å². The highest BCUT2D eigenvalue weighted by Gasteiger charge is 2.08. The Morgan fingerprint density at radius 3 is 2.29 bits per heavy atom. The highest BCUT2D eigenvalue weighted by Crippen LogP contribution is 2.13. The molecule has 0 aliphatic rings. The Hall–Kier alpha value is -3.05. The van der Waals surface area contributed by atoms with Crippen molar-refractivity contribution in [2.24, 2.45) is 4.99 Å². The zero-order chi connectivity index (χ0) is 19.6. The highest BCUT2D eigenvalue weighted by molar-refractivity contribution is 5.79. The number of furan rings is 1. The Kier molecular flexibility index (Phi) is 7.27. The molecule has 3 rings (SSSR count). The van der Waals surface area contributed by atoms with Gasteiger partial charge in [-0.2, -0.15) is 0 Å². The standard InChI is InChI=1S/C23H28N4O/c1-24-23(25-15-19-9-4-3-5-10-19)26-16-20-11-6-7-12-21(20)17-27(2)18-22-13-8-14-28-22/h3-14H,15-18H2,1-2H3,(H2,24,25,26). The SMILES string of the molecule is CN=C(NCc1ccccc1)NCc1ccccc1CN(C)Cc1ccco1. The van der Waals surface area contributed by atoms with E-state index < -0.39 is 0 Å². The molecular weight excluding hydrogens is 348 g/mol. The smallest absolute Gasteiger partial charge is 0.191 e. The van der Waals surface area contributed by atoms with E-state index >= 15 is 0 Å². The molecule has 1 aromatic heterocycles. The number of nitrogens with one attached hydrogen (secondary N) is 2. The first-order chi connectivity index (χ1) is 13.7. The van der Waals surface area contributed by atoms with Crippen LogP contribution < -0.4 is 10.6 Å². The fourth-order valence-corrected chi connectivity index (χ4v) is 3.08. The van der Waals surface area contributed by atoms with Crippen molar-refractivity contribution in [3.8, 4) is 0 Å². The van der Waals surface area contributed by atoms with Crippen LogP contribution in [0.25, 0.3) is 0 Å². The van der Waals surface area contributed by atoms with Crippen molar-refractivity contribution in [2.45, 2.75) is 26.2 Å². The maximum absolute atomic E-state index is 5.45. The third-order valence-electron chi connectivity index (χ3n) is 4.54. The second kappa shape index (κ2) is 10.3. The van der Waals surface area contributed by atoms with Gasteiger partial charge in [-0.25, -0.2) is 0 Å². The first-order valence-electron chi connectivity index (χ1n) is 9.51. The molecule has 0 atom stereocenters. The molecule has 5 heteroatoms. The van der Waals surface area contributed by atoms with E-state index in [2.05, 4.69) is 64.0 Å². The average molecular weight is 377 g/mol. The minimum Gasteiger partial charge on any atom is -0.468 e. The molecule has 2 N–H and O–H groups in total. The summed E-state index contributed by atoms with van der Waals surface area (Å²) in [6.45, 7) is 3.11. The maximum Gasteiger partial charge on any atom is 0.191 e. The highest BCUT2D eigenvalue weighted by atomic mass is 16.3. The first kappa shape index (κ1) is 19.7. The van der Waals surface area contributed by atoms with Crippen LogP contribution in [-0.4, -0.2) is 25.0 Å². The molecule has 28 heavy (non-hydrogen) atoms. The van der Waals surface area contributed by atoms with Gasteiger partial charge in [-0.1, -0.05) is 54.6 Å². The van der Waals surface area contributed by atoms with E-state index in [1.54, 1.807) is 13.3 Å². The van der Waals surface area contributed by atoms with Gasteiger partial charge in [-0.3, -0.25) is 9.89 Å². The van der Waals surface area contributed by atoms with Crippen molar-refractivity contribution in [2.75, 3.05) is 14.1 Å². The Morgan fingerprint density at radius 1 is 0.857 bits per heavy atom. The van der Waals surface area contributed by atoms with Crippen LogP contribution in [0.1, 0.15) is 22.5 Å². The Bertz CT molecular complexity index is 859. The van der Waals surface area contributed by atoms with Crippen LogP contribution in [0, 0.1) is 0 Å². The number of aliphatic imine (C=N–C) groups is 1. The van der Waals surface area contributed by atoms with Crippen molar-refractivity contribution in [3.63, 3.8) is 0 Å². The molecule has 5 nitrogen and oxygen atoms in total. The maximum atomic E-state index is 5.45. The van der Waals surface area contributed by atoms with Gasteiger partial charge in [-0.15, -0.1) is 0 Å². The lowest BCUT2D eigenvalue weighted by Gasteiger charge is -2.19. The summed E-state index contributed by atoms with van der Waals surface area (Å²) in [6, 6.07) is 22.7. The van der Waals surface area contributed by atoms with Crippen molar-refractivity contribution in [1.82, 2.24) is 15.5 Å². The summed E-state index contributed by atoms with van der Waals surface area (Å²) in [5.74, 6) is 1.77.